The van der Waals surface area contributed by atoms with E-state index in [9.17, 15) is 0 Å². The van der Waals surface area contributed by atoms with Crippen molar-refractivity contribution in [2.24, 2.45) is 0 Å². The molecule has 2 heterocycles. The summed E-state index contributed by atoms with van der Waals surface area (Å²) in [6.07, 6.45) is 5.48. The van der Waals surface area contributed by atoms with Gasteiger partial charge in [0.1, 0.15) is 0 Å². The van der Waals surface area contributed by atoms with Crippen LogP contribution >= 0.6 is 22.6 Å². The summed E-state index contributed by atoms with van der Waals surface area (Å²) in [5.74, 6) is 0. The zero-order valence-corrected chi connectivity index (χ0v) is 9.89. The lowest BCUT2D eigenvalue weighted by Gasteiger charge is -2.03. The van der Waals surface area contributed by atoms with E-state index in [2.05, 4.69) is 38.6 Å². The van der Waals surface area contributed by atoms with E-state index in [0.29, 0.717) is 0 Å². The van der Waals surface area contributed by atoms with Crippen molar-refractivity contribution in [2.45, 2.75) is 6.92 Å². The highest BCUT2D eigenvalue weighted by Crippen LogP contribution is 2.22. The maximum Gasteiger partial charge on any atom is 0.0850 e. The molecule has 70 valence electrons. The quantitative estimate of drug-likeness (QED) is 0.756. The van der Waals surface area contributed by atoms with Gasteiger partial charge in [0.25, 0.3) is 0 Å². The zero-order valence-electron chi connectivity index (χ0n) is 7.74. The molecule has 0 aliphatic carbocycles. The summed E-state index contributed by atoms with van der Waals surface area (Å²) in [7, 11) is 0. The molecule has 0 saturated heterocycles. The van der Waals surface area contributed by atoms with E-state index in [-0.39, 0.29) is 0 Å². The fraction of sp³-hybridized carbons (Fsp3) is 0.0909. The van der Waals surface area contributed by atoms with Crippen molar-refractivity contribution in [3.8, 4) is 11.3 Å². The van der Waals surface area contributed by atoms with Gasteiger partial charge in [-0.3, -0.25) is 9.97 Å². The molecule has 0 saturated carbocycles. The molecular formula is C11H9IN2. The molecular weight excluding hydrogens is 287 g/mol. The second-order valence-electron chi connectivity index (χ2n) is 3.08. The van der Waals surface area contributed by atoms with Crippen molar-refractivity contribution in [3.05, 3.63) is 45.9 Å². The minimum Gasteiger partial charge on any atom is -0.264 e. The van der Waals surface area contributed by atoms with Crippen LogP contribution in [0.5, 0.6) is 0 Å². The lowest BCUT2D eigenvalue weighted by Crippen LogP contribution is -1.89. The number of aryl methyl sites for hydroxylation is 1. The Morgan fingerprint density at radius 2 is 2.14 bits per heavy atom. The first-order chi connectivity index (χ1) is 6.77. The number of nitrogens with zero attached hydrogens (tertiary/aromatic N) is 2. The molecule has 0 aliphatic heterocycles. The zero-order chi connectivity index (χ0) is 9.97. The molecule has 0 spiro atoms. The van der Waals surface area contributed by atoms with E-state index >= 15 is 0 Å². The van der Waals surface area contributed by atoms with Crippen molar-refractivity contribution >= 4 is 22.6 Å². The highest BCUT2D eigenvalue weighted by atomic mass is 127. The fourth-order valence-electron chi connectivity index (χ4n) is 1.25. The first-order valence-electron chi connectivity index (χ1n) is 4.30. The molecule has 2 aromatic heterocycles. The fourth-order valence-corrected chi connectivity index (χ4v) is 2.19. The van der Waals surface area contributed by atoms with Crippen LogP contribution in [0.15, 0.2) is 36.8 Å². The number of hydrogen-bond acceptors (Lipinski definition) is 2. The smallest absolute Gasteiger partial charge is 0.0850 e. The molecule has 14 heavy (non-hydrogen) atoms. The molecule has 2 rings (SSSR count). The first kappa shape index (κ1) is 9.58. The van der Waals surface area contributed by atoms with Crippen LogP contribution in [0.1, 0.15) is 5.56 Å². The van der Waals surface area contributed by atoms with Gasteiger partial charge < -0.3 is 0 Å². The van der Waals surface area contributed by atoms with Gasteiger partial charge in [-0.25, -0.2) is 0 Å². The Morgan fingerprint density at radius 1 is 1.29 bits per heavy atom. The van der Waals surface area contributed by atoms with Crippen molar-refractivity contribution in [1.82, 2.24) is 9.97 Å². The third-order valence-electron chi connectivity index (χ3n) is 1.91. The van der Waals surface area contributed by atoms with Gasteiger partial charge in [0.05, 0.1) is 5.69 Å². The van der Waals surface area contributed by atoms with E-state index in [1.54, 1.807) is 6.20 Å². The molecule has 0 N–H and O–H groups in total. The highest BCUT2D eigenvalue weighted by Gasteiger charge is 2.03. The largest absolute Gasteiger partial charge is 0.264 e. The summed E-state index contributed by atoms with van der Waals surface area (Å²) in [6, 6.07) is 6.07. The minimum atomic E-state index is 1.00. The van der Waals surface area contributed by atoms with Crippen LogP contribution in [0.2, 0.25) is 0 Å². The van der Waals surface area contributed by atoms with Crippen LogP contribution in [0.4, 0.5) is 0 Å². The molecule has 0 fully saturated rings. The van der Waals surface area contributed by atoms with Crippen LogP contribution in [0.3, 0.4) is 0 Å². The summed E-state index contributed by atoms with van der Waals surface area (Å²) in [5, 5.41) is 0. The SMILES string of the molecule is Cc1cnc(-c2cccnc2)c(I)c1. The Kier molecular flexibility index (Phi) is 2.77. The molecule has 0 radical (unpaired) electrons. The Bertz CT molecular complexity index is 440. The molecule has 0 bridgehead atoms. The standard InChI is InChI=1S/C11H9IN2/c1-8-5-10(12)11(14-6-8)9-3-2-4-13-7-9/h2-7H,1H3. The molecule has 2 aromatic rings. The Hall–Kier alpha value is -0.970. The second-order valence-corrected chi connectivity index (χ2v) is 4.25. The number of pyridine rings is 2. The molecule has 0 unspecified atom stereocenters. The van der Waals surface area contributed by atoms with Crippen LogP contribution in [0.25, 0.3) is 11.3 Å². The molecule has 0 atom stereocenters. The van der Waals surface area contributed by atoms with Gasteiger partial charge in [0.2, 0.25) is 0 Å². The lowest BCUT2D eigenvalue weighted by atomic mass is 10.2. The van der Waals surface area contributed by atoms with Crippen molar-refractivity contribution in [1.29, 1.82) is 0 Å². The third-order valence-corrected chi connectivity index (χ3v) is 2.74. The van der Waals surface area contributed by atoms with E-state index in [1.807, 2.05) is 31.5 Å². The maximum atomic E-state index is 4.40. The molecule has 0 aliphatic rings. The maximum absolute atomic E-state index is 4.40. The topological polar surface area (TPSA) is 25.8 Å². The average molecular weight is 296 g/mol. The molecule has 0 amide bonds. The monoisotopic (exact) mass is 296 g/mol. The Balaban J connectivity index is 2.53. The lowest BCUT2D eigenvalue weighted by molar-refractivity contribution is 1.23. The highest BCUT2D eigenvalue weighted by molar-refractivity contribution is 14.1. The normalized spacial score (nSPS) is 10.1. The van der Waals surface area contributed by atoms with Gasteiger partial charge in [0, 0.05) is 27.7 Å². The van der Waals surface area contributed by atoms with Gasteiger partial charge >= 0.3 is 0 Å². The van der Waals surface area contributed by atoms with Crippen molar-refractivity contribution in [3.63, 3.8) is 0 Å². The van der Waals surface area contributed by atoms with Crippen LogP contribution in [-0.4, -0.2) is 9.97 Å². The average Bonchev–Trinajstić information content (AvgIpc) is 2.19. The summed E-state index contributed by atoms with van der Waals surface area (Å²) >= 11 is 2.30. The van der Waals surface area contributed by atoms with Gasteiger partial charge in [-0.2, -0.15) is 0 Å². The van der Waals surface area contributed by atoms with Crippen molar-refractivity contribution < 1.29 is 0 Å². The van der Waals surface area contributed by atoms with Crippen LogP contribution in [-0.2, 0) is 0 Å². The van der Waals surface area contributed by atoms with Gasteiger partial charge in [0.15, 0.2) is 0 Å². The summed E-state index contributed by atoms with van der Waals surface area (Å²) in [6.45, 7) is 2.04. The number of halogens is 1. The Morgan fingerprint density at radius 3 is 2.79 bits per heavy atom. The van der Waals surface area contributed by atoms with Crippen LogP contribution < -0.4 is 0 Å². The second kappa shape index (κ2) is 4.04. The Labute approximate surface area is 96.6 Å². The van der Waals surface area contributed by atoms with Crippen LogP contribution in [0, 0.1) is 10.5 Å². The number of hydrogen-bond donors (Lipinski definition) is 0. The predicted molar refractivity (Wildman–Crippen MR) is 64.9 cm³/mol. The number of aromatic nitrogens is 2. The summed E-state index contributed by atoms with van der Waals surface area (Å²) in [4.78, 5) is 8.48. The first-order valence-corrected chi connectivity index (χ1v) is 5.38. The summed E-state index contributed by atoms with van der Waals surface area (Å²) < 4.78 is 1.16. The number of rotatable bonds is 1. The van der Waals surface area contributed by atoms with Gasteiger partial charge in [-0.1, -0.05) is 0 Å². The van der Waals surface area contributed by atoms with Gasteiger partial charge in [-0.15, -0.1) is 0 Å². The molecule has 0 aromatic carbocycles. The van der Waals surface area contributed by atoms with Crippen molar-refractivity contribution in [2.75, 3.05) is 0 Å². The molecule has 3 heteroatoms. The third kappa shape index (κ3) is 1.92. The summed E-state index contributed by atoms with van der Waals surface area (Å²) in [5.41, 5.74) is 3.25. The van der Waals surface area contributed by atoms with E-state index in [1.165, 1.54) is 5.56 Å². The van der Waals surface area contributed by atoms with Gasteiger partial charge in [-0.05, 0) is 53.3 Å². The minimum absolute atomic E-state index is 1.00. The molecule has 2 nitrogen and oxygen atoms in total. The van der Waals surface area contributed by atoms with E-state index in [0.717, 1.165) is 14.8 Å². The predicted octanol–water partition coefficient (Wildman–Crippen LogP) is 3.06. The van der Waals surface area contributed by atoms with E-state index < -0.39 is 0 Å². The van der Waals surface area contributed by atoms with E-state index in [4.69, 9.17) is 0 Å².